The number of rotatable bonds is 4. The quantitative estimate of drug-likeness (QED) is 0.754. The molecule has 31 heavy (non-hydrogen) atoms. The average molecular weight is 436 g/mol. The molecule has 1 fully saturated rings. The molecule has 1 saturated heterocycles. The number of amides is 1. The van der Waals surface area contributed by atoms with Gasteiger partial charge in [-0.1, -0.05) is 13.8 Å². The molecule has 2 atom stereocenters. The molecular weight excluding hydrogens is 413 g/mol. The number of carbonyl (C=O) groups excluding carboxylic acids is 1. The highest BCUT2D eigenvalue weighted by molar-refractivity contribution is 5.88. The summed E-state index contributed by atoms with van der Waals surface area (Å²) in [6.07, 6.45) is -3.50. The largest absolute Gasteiger partial charge is 0.441 e. The average Bonchev–Trinajstić information content (AvgIpc) is 2.77. The number of carbonyl (C=O) groups is 1. The van der Waals surface area contributed by atoms with E-state index >= 15 is 0 Å². The molecule has 0 saturated carbocycles. The van der Waals surface area contributed by atoms with Crippen molar-refractivity contribution in [1.82, 2.24) is 20.3 Å². The normalized spacial score (nSPS) is 21.3. The van der Waals surface area contributed by atoms with E-state index in [9.17, 15) is 18.0 Å². The van der Waals surface area contributed by atoms with E-state index in [0.29, 0.717) is 31.6 Å². The molecule has 0 radical (unpaired) electrons. The first-order chi connectivity index (χ1) is 14.8. The van der Waals surface area contributed by atoms with Crippen molar-refractivity contribution < 1.29 is 22.7 Å². The predicted octanol–water partition coefficient (Wildman–Crippen LogP) is 3.76. The van der Waals surface area contributed by atoms with E-state index in [1.54, 1.807) is 6.92 Å². The third kappa shape index (κ3) is 4.14. The molecule has 0 aromatic carbocycles. The molecule has 2 aromatic heterocycles. The van der Waals surface area contributed by atoms with Crippen molar-refractivity contribution in [3.05, 3.63) is 29.6 Å². The second-order valence-electron chi connectivity index (χ2n) is 7.47. The molecule has 2 N–H and O–H groups in total. The molecule has 0 spiro atoms. The van der Waals surface area contributed by atoms with Crippen LogP contribution >= 0.6 is 0 Å². The zero-order valence-electron chi connectivity index (χ0n) is 17.2. The fraction of sp³-hybridized carbons (Fsp3) is 0.500. The zero-order chi connectivity index (χ0) is 22.2. The maximum absolute atomic E-state index is 13.8. The second-order valence-corrected chi connectivity index (χ2v) is 7.47. The maximum Gasteiger partial charge on any atom is 0.416 e. The van der Waals surface area contributed by atoms with Crippen LogP contribution in [-0.2, 0) is 10.9 Å². The van der Waals surface area contributed by atoms with Crippen LogP contribution in [0.2, 0.25) is 0 Å². The highest BCUT2D eigenvalue weighted by atomic mass is 19.4. The number of nitrogens with zero attached hydrogens (tertiary/aromatic N) is 4. The second kappa shape index (κ2) is 8.29. The molecular formula is C20H23F3N6O2. The summed E-state index contributed by atoms with van der Waals surface area (Å²) in [7, 11) is 0. The fourth-order valence-corrected chi connectivity index (χ4v) is 3.98. The van der Waals surface area contributed by atoms with Gasteiger partial charge in [-0.25, -0.2) is 19.7 Å². The SMILES string of the molecule is CC[C@@H]1CNCCN1c1cc(C(F)(F)F)cc(-c2ncnc3c2[C@@H](CC)OC(=O)N3)n1. The van der Waals surface area contributed by atoms with Gasteiger partial charge in [0.2, 0.25) is 0 Å². The first kappa shape index (κ1) is 21.3. The first-order valence-corrected chi connectivity index (χ1v) is 10.2. The van der Waals surface area contributed by atoms with Crippen LogP contribution in [0.3, 0.4) is 0 Å². The molecule has 0 bridgehead atoms. The minimum atomic E-state index is -4.55. The summed E-state index contributed by atoms with van der Waals surface area (Å²) in [5.41, 5.74) is -0.0979. The Balaban J connectivity index is 1.88. The number of pyridine rings is 1. The predicted molar refractivity (Wildman–Crippen MR) is 108 cm³/mol. The molecule has 2 aliphatic rings. The fourth-order valence-electron chi connectivity index (χ4n) is 3.98. The number of fused-ring (bicyclic) bond motifs is 1. The van der Waals surface area contributed by atoms with Crippen molar-refractivity contribution >= 4 is 17.7 Å². The van der Waals surface area contributed by atoms with Crippen molar-refractivity contribution in [3.8, 4) is 11.4 Å². The number of alkyl halides is 3. The van der Waals surface area contributed by atoms with E-state index in [1.807, 2.05) is 11.8 Å². The Morgan fingerprint density at radius 2 is 2.03 bits per heavy atom. The lowest BCUT2D eigenvalue weighted by Gasteiger charge is -2.37. The molecule has 0 unspecified atom stereocenters. The lowest BCUT2D eigenvalue weighted by Crippen LogP contribution is -2.51. The van der Waals surface area contributed by atoms with E-state index in [2.05, 4.69) is 25.6 Å². The van der Waals surface area contributed by atoms with Crippen molar-refractivity contribution in [2.75, 3.05) is 29.9 Å². The summed E-state index contributed by atoms with van der Waals surface area (Å²) in [4.78, 5) is 26.6. The molecule has 4 heterocycles. The summed E-state index contributed by atoms with van der Waals surface area (Å²) in [5.74, 6) is 0.474. The Hall–Kier alpha value is -2.95. The standard InChI is InChI=1S/C20H23F3N6O2/c1-3-12-9-24-5-6-29(12)15-8-11(20(21,22)23)7-13(27-15)17-16-14(4-2)31-19(30)28-18(16)26-10-25-17/h7-8,10,12,14,24H,3-6,9H2,1-2H3,(H,25,26,28,30)/t12-,14-/m1/s1. The number of nitrogens with one attached hydrogen (secondary N) is 2. The third-order valence-electron chi connectivity index (χ3n) is 5.54. The minimum Gasteiger partial charge on any atom is -0.441 e. The molecule has 1 amide bonds. The van der Waals surface area contributed by atoms with Crippen LogP contribution in [0, 0.1) is 0 Å². The van der Waals surface area contributed by atoms with Crippen LogP contribution in [0.15, 0.2) is 18.5 Å². The lowest BCUT2D eigenvalue weighted by atomic mass is 10.0. The van der Waals surface area contributed by atoms with Crippen LogP contribution in [0.5, 0.6) is 0 Å². The molecule has 0 aliphatic carbocycles. The van der Waals surface area contributed by atoms with Gasteiger partial charge in [0.1, 0.15) is 29.8 Å². The third-order valence-corrected chi connectivity index (χ3v) is 5.54. The van der Waals surface area contributed by atoms with Crippen LogP contribution in [0.4, 0.5) is 29.6 Å². The van der Waals surface area contributed by atoms with Gasteiger partial charge in [0.15, 0.2) is 0 Å². The van der Waals surface area contributed by atoms with Crippen molar-refractivity contribution in [2.24, 2.45) is 0 Å². The summed E-state index contributed by atoms with van der Waals surface area (Å²) >= 11 is 0. The highest BCUT2D eigenvalue weighted by Crippen LogP contribution is 2.40. The van der Waals surface area contributed by atoms with Crippen LogP contribution in [-0.4, -0.2) is 46.7 Å². The van der Waals surface area contributed by atoms with Crippen LogP contribution < -0.4 is 15.5 Å². The van der Waals surface area contributed by atoms with E-state index in [-0.39, 0.29) is 29.1 Å². The number of cyclic esters (lactones) is 1. The van der Waals surface area contributed by atoms with Crippen LogP contribution in [0.1, 0.15) is 43.9 Å². The Kier molecular flexibility index (Phi) is 5.69. The van der Waals surface area contributed by atoms with Gasteiger partial charge in [0, 0.05) is 25.7 Å². The smallest absolute Gasteiger partial charge is 0.416 e. The highest BCUT2D eigenvalue weighted by Gasteiger charge is 2.35. The summed E-state index contributed by atoms with van der Waals surface area (Å²) in [6.45, 7) is 5.67. The van der Waals surface area contributed by atoms with Crippen LogP contribution in [0.25, 0.3) is 11.4 Å². The minimum absolute atomic E-state index is 0.0305. The van der Waals surface area contributed by atoms with Gasteiger partial charge in [0.05, 0.1) is 16.8 Å². The van der Waals surface area contributed by atoms with Gasteiger partial charge in [-0.15, -0.1) is 0 Å². The Morgan fingerprint density at radius 1 is 1.23 bits per heavy atom. The summed E-state index contributed by atoms with van der Waals surface area (Å²) in [5, 5.41) is 5.76. The van der Waals surface area contributed by atoms with Crippen molar-refractivity contribution in [2.45, 2.75) is 45.0 Å². The van der Waals surface area contributed by atoms with Gasteiger partial charge in [-0.05, 0) is 25.0 Å². The van der Waals surface area contributed by atoms with E-state index in [1.165, 1.54) is 6.33 Å². The number of hydrogen-bond acceptors (Lipinski definition) is 7. The topological polar surface area (TPSA) is 92.3 Å². The van der Waals surface area contributed by atoms with Gasteiger partial charge >= 0.3 is 12.3 Å². The molecule has 2 aliphatic heterocycles. The molecule has 8 nitrogen and oxygen atoms in total. The van der Waals surface area contributed by atoms with E-state index in [4.69, 9.17) is 4.74 Å². The molecule has 11 heteroatoms. The van der Waals surface area contributed by atoms with Gasteiger partial charge < -0.3 is 15.0 Å². The molecule has 166 valence electrons. The molecule has 4 rings (SSSR count). The van der Waals surface area contributed by atoms with Gasteiger partial charge in [-0.3, -0.25) is 5.32 Å². The number of aromatic nitrogens is 3. The first-order valence-electron chi connectivity index (χ1n) is 10.2. The number of ether oxygens (including phenoxy) is 1. The maximum atomic E-state index is 13.8. The number of anilines is 2. The van der Waals surface area contributed by atoms with Crippen molar-refractivity contribution in [1.29, 1.82) is 0 Å². The Bertz CT molecular complexity index is 984. The zero-order valence-corrected chi connectivity index (χ0v) is 17.2. The van der Waals surface area contributed by atoms with Gasteiger partial charge in [-0.2, -0.15) is 13.2 Å². The van der Waals surface area contributed by atoms with Gasteiger partial charge in [0.25, 0.3) is 0 Å². The number of hydrogen-bond donors (Lipinski definition) is 2. The summed E-state index contributed by atoms with van der Waals surface area (Å²) in [6, 6.07) is 2.10. The molecule has 2 aromatic rings. The number of halogens is 3. The number of piperazine rings is 1. The summed E-state index contributed by atoms with van der Waals surface area (Å²) < 4.78 is 46.6. The lowest BCUT2D eigenvalue weighted by molar-refractivity contribution is -0.137. The monoisotopic (exact) mass is 436 g/mol. The van der Waals surface area contributed by atoms with Crippen molar-refractivity contribution in [3.63, 3.8) is 0 Å². The Labute approximate surface area is 177 Å². The Morgan fingerprint density at radius 3 is 2.74 bits per heavy atom. The van der Waals surface area contributed by atoms with E-state index in [0.717, 1.165) is 18.6 Å². The van der Waals surface area contributed by atoms with E-state index < -0.39 is 23.9 Å².